The van der Waals surface area contributed by atoms with Crippen LogP contribution < -0.4 is 0 Å². The minimum atomic E-state index is -0.864. The summed E-state index contributed by atoms with van der Waals surface area (Å²) in [7, 11) is 0. The Hall–Kier alpha value is -1.43. The summed E-state index contributed by atoms with van der Waals surface area (Å²) < 4.78 is 13.5. The van der Waals surface area contributed by atoms with E-state index in [0.717, 1.165) is 0 Å². The third-order valence-corrected chi connectivity index (χ3v) is 4.34. The molecule has 1 heterocycles. The molecule has 2 unspecified atom stereocenters. The normalized spacial score (nSPS) is 22.1. The molecule has 0 aromatic heterocycles. The molecule has 1 aliphatic heterocycles. The van der Waals surface area contributed by atoms with Crippen LogP contribution in [0.2, 0.25) is 0 Å². The van der Waals surface area contributed by atoms with Gasteiger partial charge in [0.25, 0.3) is 0 Å². The first-order valence-corrected chi connectivity index (χ1v) is 7.15. The highest BCUT2D eigenvalue weighted by atomic mass is 79.9. The summed E-state index contributed by atoms with van der Waals surface area (Å²) in [6.07, 6.45) is 0.630. The third kappa shape index (κ3) is 3.00. The first kappa shape index (κ1) is 15.0. The zero-order valence-electron chi connectivity index (χ0n) is 11.0. The van der Waals surface area contributed by atoms with Gasteiger partial charge in [-0.2, -0.15) is 0 Å². The van der Waals surface area contributed by atoms with Gasteiger partial charge in [-0.15, -0.1) is 0 Å². The van der Waals surface area contributed by atoms with Crippen LogP contribution in [0, 0.1) is 11.7 Å². The van der Waals surface area contributed by atoms with Crippen molar-refractivity contribution >= 4 is 27.8 Å². The Morgan fingerprint density at radius 2 is 2.20 bits per heavy atom. The number of benzene rings is 1. The number of carboxylic acid groups (broad SMARTS) is 1. The maximum absolute atomic E-state index is 13.1. The molecule has 0 bridgehead atoms. The fraction of sp³-hybridized carbons (Fsp3) is 0.429. The van der Waals surface area contributed by atoms with Crippen LogP contribution in [0.1, 0.15) is 18.9 Å². The average Bonchev–Trinajstić information content (AvgIpc) is 2.76. The number of nitrogens with zero attached hydrogens (tertiary/aromatic N) is 1. The molecular weight excluding hydrogens is 329 g/mol. The number of halogens is 2. The van der Waals surface area contributed by atoms with Crippen LogP contribution in [-0.2, 0) is 16.0 Å². The van der Waals surface area contributed by atoms with Crippen molar-refractivity contribution in [2.45, 2.75) is 25.8 Å². The second-order valence-corrected chi connectivity index (χ2v) is 5.84. The molecule has 0 saturated carbocycles. The lowest BCUT2D eigenvalue weighted by Gasteiger charge is -2.23. The van der Waals surface area contributed by atoms with Crippen molar-refractivity contribution in [3.8, 4) is 0 Å². The van der Waals surface area contributed by atoms with Gasteiger partial charge in [0, 0.05) is 12.6 Å². The molecule has 1 aromatic carbocycles. The maximum atomic E-state index is 13.1. The molecule has 1 saturated heterocycles. The summed E-state index contributed by atoms with van der Waals surface area (Å²) in [6.45, 7) is 2.21. The predicted octanol–water partition coefficient (Wildman–Crippen LogP) is 2.45. The summed E-state index contributed by atoms with van der Waals surface area (Å²) in [5.41, 5.74) is 0.703. The molecule has 6 heteroatoms. The number of carbonyl (C=O) groups excluding carboxylic acids is 1. The number of likely N-dealkylation sites (tertiary alicyclic amines) is 1. The van der Waals surface area contributed by atoms with Gasteiger partial charge in [0.2, 0.25) is 5.91 Å². The van der Waals surface area contributed by atoms with Gasteiger partial charge < -0.3 is 10.0 Å². The van der Waals surface area contributed by atoms with Crippen LogP contribution in [0.3, 0.4) is 0 Å². The number of aliphatic carboxylic acids is 1. The van der Waals surface area contributed by atoms with Crippen LogP contribution >= 0.6 is 15.9 Å². The molecule has 108 valence electrons. The van der Waals surface area contributed by atoms with E-state index in [9.17, 15) is 14.0 Å². The number of carbonyl (C=O) groups is 2. The first-order chi connectivity index (χ1) is 9.40. The van der Waals surface area contributed by atoms with Crippen LogP contribution in [0.4, 0.5) is 4.39 Å². The van der Waals surface area contributed by atoms with Gasteiger partial charge in [-0.25, -0.2) is 4.39 Å². The highest BCUT2D eigenvalue weighted by molar-refractivity contribution is 9.10. The quantitative estimate of drug-likeness (QED) is 0.916. The van der Waals surface area contributed by atoms with E-state index in [1.54, 1.807) is 24.0 Å². The second-order valence-electron chi connectivity index (χ2n) is 4.99. The van der Waals surface area contributed by atoms with Gasteiger partial charge in [-0.3, -0.25) is 9.59 Å². The van der Waals surface area contributed by atoms with Crippen molar-refractivity contribution in [1.29, 1.82) is 0 Å². The lowest BCUT2D eigenvalue weighted by atomic mass is 10.0. The molecule has 0 spiro atoms. The Labute approximate surface area is 124 Å². The Kier molecular flexibility index (Phi) is 4.42. The SMILES string of the molecule is CC1C(C(=O)O)CCN1C(=O)Cc1ccc(F)c(Br)c1. The number of amides is 1. The zero-order chi connectivity index (χ0) is 14.9. The van der Waals surface area contributed by atoms with E-state index in [-0.39, 0.29) is 24.2 Å². The van der Waals surface area contributed by atoms with E-state index in [2.05, 4.69) is 15.9 Å². The van der Waals surface area contributed by atoms with Gasteiger partial charge in [-0.05, 0) is 47.0 Å². The highest BCUT2D eigenvalue weighted by Gasteiger charge is 2.37. The molecule has 2 rings (SSSR count). The first-order valence-electron chi connectivity index (χ1n) is 6.36. The third-order valence-electron chi connectivity index (χ3n) is 3.73. The van der Waals surface area contributed by atoms with Crippen molar-refractivity contribution in [2.24, 2.45) is 5.92 Å². The Morgan fingerprint density at radius 1 is 1.50 bits per heavy atom. The molecule has 4 nitrogen and oxygen atoms in total. The summed E-state index contributed by atoms with van der Waals surface area (Å²) in [6, 6.07) is 4.14. The minimum absolute atomic E-state index is 0.125. The number of carboxylic acids is 1. The van der Waals surface area contributed by atoms with Crippen LogP contribution in [0.15, 0.2) is 22.7 Å². The molecular formula is C14H15BrFNO3. The smallest absolute Gasteiger partial charge is 0.308 e. The summed E-state index contributed by atoms with van der Waals surface area (Å²) in [4.78, 5) is 24.8. The standard InChI is InChI=1S/C14H15BrFNO3/c1-8-10(14(19)20)4-5-17(8)13(18)7-9-2-3-12(16)11(15)6-9/h2-3,6,8,10H,4-5,7H2,1H3,(H,19,20). The molecule has 1 fully saturated rings. The molecule has 20 heavy (non-hydrogen) atoms. The number of rotatable bonds is 3. The molecule has 1 amide bonds. The van der Waals surface area contributed by atoms with Gasteiger partial charge in [-0.1, -0.05) is 6.07 Å². The van der Waals surface area contributed by atoms with Crippen molar-refractivity contribution in [1.82, 2.24) is 4.90 Å². The van der Waals surface area contributed by atoms with E-state index in [0.29, 0.717) is 23.0 Å². The predicted molar refractivity (Wildman–Crippen MR) is 74.7 cm³/mol. The number of hydrogen-bond donors (Lipinski definition) is 1. The van der Waals surface area contributed by atoms with E-state index in [4.69, 9.17) is 5.11 Å². The summed E-state index contributed by atoms with van der Waals surface area (Å²) in [5.74, 6) is -1.86. The van der Waals surface area contributed by atoms with Gasteiger partial charge in [0.15, 0.2) is 0 Å². The Balaban J connectivity index is 2.05. The van der Waals surface area contributed by atoms with Gasteiger partial charge in [0.05, 0.1) is 16.8 Å². The fourth-order valence-electron chi connectivity index (χ4n) is 2.55. The lowest BCUT2D eigenvalue weighted by molar-refractivity contribution is -0.143. The lowest BCUT2D eigenvalue weighted by Crippen LogP contribution is -2.38. The van der Waals surface area contributed by atoms with Crippen LogP contribution in [-0.4, -0.2) is 34.5 Å². The van der Waals surface area contributed by atoms with Gasteiger partial charge >= 0.3 is 5.97 Å². The van der Waals surface area contributed by atoms with Crippen molar-refractivity contribution in [2.75, 3.05) is 6.54 Å². The summed E-state index contributed by atoms with van der Waals surface area (Å²) in [5, 5.41) is 9.05. The van der Waals surface area contributed by atoms with E-state index in [1.807, 2.05) is 0 Å². The largest absolute Gasteiger partial charge is 0.481 e. The van der Waals surface area contributed by atoms with Crippen LogP contribution in [0.5, 0.6) is 0 Å². The zero-order valence-corrected chi connectivity index (χ0v) is 12.6. The molecule has 0 aliphatic carbocycles. The van der Waals surface area contributed by atoms with Crippen molar-refractivity contribution < 1.29 is 19.1 Å². The monoisotopic (exact) mass is 343 g/mol. The molecule has 1 aromatic rings. The molecule has 1 N–H and O–H groups in total. The maximum Gasteiger partial charge on any atom is 0.308 e. The van der Waals surface area contributed by atoms with E-state index >= 15 is 0 Å². The Morgan fingerprint density at radius 3 is 2.75 bits per heavy atom. The molecule has 1 aliphatic rings. The number of hydrogen-bond acceptors (Lipinski definition) is 2. The summed E-state index contributed by atoms with van der Waals surface area (Å²) >= 11 is 3.08. The second kappa shape index (κ2) is 5.91. The van der Waals surface area contributed by atoms with Gasteiger partial charge in [0.1, 0.15) is 5.82 Å². The van der Waals surface area contributed by atoms with E-state index in [1.165, 1.54) is 6.07 Å². The molecule has 0 radical (unpaired) electrons. The Bertz CT molecular complexity index is 549. The minimum Gasteiger partial charge on any atom is -0.481 e. The topological polar surface area (TPSA) is 57.6 Å². The fourth-order valence-corrected chi connectivity index (χ4v) is 2.97. The van der Waals surface area contributed by atoms with Crippen molar-refractivity contribution in [3.63, 3.8) is 0 Å². The molecule has 2 atom stereocenters. The van der Waals surface area contributed by atoms with Crippen LogP contribution in [0.25, 0.3) is 0 Å². The van der Waals surface area contributed by atoms with Crippen molar-refractivity contribution in [3.05, 3.63) is 34.1 Å². The highest BCUT2D eigenvalue weighted by Crippen LogP contribution is 2.25. The average molecular weight is 344 g/mol. The van der Waals surface area contributed by atoms with E-state index < -0.39 is 11.9 Å².